The number of nitrogens with one attached hydrogen (secondary N) is 1. The lowest BCUT2D eigenvalue weighted by Crippen LogP contribution is -2.38. The third kappa shape index (κ3) is 4.16. The van der Waals surface area contributed by atoms with Gasteiger partial charge in [-0.05, 0) is 35.3 Å². The van der Waals surface area contributed by atoms with Crippen molar-refractivity contribution in [2.45, 2.75) is 18.9 Å². The van der Waals surface area contributed by atoms with Crippen LogP contribution in [0, 0.1) is 17.2 Å². The molecule has 2 aromatic rings. The number of ketones is 1. The van der Waals surface area contributed by atoms with Crippen LogP contribution in [0.25, 0.3) is 16.8 Å². The van der Waals surface area contributed by atoms with Crippen LogP contribution in [0.1, 0.15) is 18.4 Å². The monoisotopic (exact) mass is 348 g/mol. The van der Waals surface area contributed by atoms with E-state index in [-0.39, 0.29) is 6.10 Å². The second kappa shape index (κ2) is 8.41. The number of amides is 1. The van der Waals surface area contributed by atoms with E-state index >= 15 is 0 Å². The predicted octanol–water partition coefficient (Wildman–Crippen LogP) is 2.86. The lowest BCUT2D eigenvalue weighted by molar-refractivity contribution is -0.129. The minimum absolute atomic E-state index is 0.0281. The zero-order chi connectivity index (χ0) is 18.4. The number of ether oxygens (including phenoxy) is 1. The predicted molar refractivity (Wildman–Crippen MR) is 99.1 cm³/mol. The van der Waals surface area contributed by atoms with Gasteiger partial charge in [-0.25, -0.2) is 0 Å². The fraction of sp³-hybridized carbons (Fsp3) is 0.286. The van der Waals surface area contributed by atoms with Gasteiger partial charge in [0.25, 0.3) is 0 Å². The first-order chi connectivity index (χ1) is 12.7. The fourth-order valence-electron chi connectivity index (χ4n) is 3.04. The average molecular weight is 348 g/mol. The molecule has 2 atom stereocenters. The van der Waals surface area contributed by atoms with Crippen molar-refractivity contribution >= 4 is 28.5 Å². The summed E-state index contributed by atoms with van der Waals surface area (Å²) in [4.78, 5) is 24.5. The molecule has 0 aliphatic carbocycles. The van der Waals surface area contributed by atoms with Crippen molar-refractivity contribution in [1.29, 1.82) is 5.26 Å². The quantitative estimate of drug-likeness (QED) is 0.643. The van der Waals surface area contributed by atoms with Crippen LogP contribution >= 0.6 is 0 Å². The van der Waals surface area contributed by atoms with Crippen molar-refractivity contribution in [2.24, 2.45) is 5.92 Å². The summed E-state index contributed by atoms with van der Waals surface area (Å²) in [7, 11) is 0. The second-order valence-electron chi connectivity index (χ2n) is 6.25. The third-order valence-corrected chi connectivity index (χ3v) is 4.45. The van der Waals surface area contributed by atoms with Crippen molar-refractivity contribution in [3.05, 3.63) is 54.1 Å². The Morgan fingerprint density at radius 2 is 2.08 bits per heavy atom. The first kappa shape index (κ1) is 17.8. The molecule has 1 amide bonds. The molecule has 5 nitrogen and oxygen atoms in total. The van der Waals surface area contributed by atoms with Gasteiger partial charge in [-0.2, -0.15) is 5.26 Å². The van der Waals surface area contributed by atoms with Gasteiger partial charge in [-0.15, -0.1) is 0 Å². The molecule has 0 saturated carbocycles. The lowest BCUT2D eigenvalue weighted by atomic mass is 10.0. The van der Waals surface area contributed by atoms with Gasteiger partial charge in [0.15, 0.2) is 11.7 Å². The number of nitrogens with zero attached hydrogens (tertiary/aromatic N) is 1. The first-order valence-corrected chi connectivity index (χ1v) is 8.67. The Balaban J connectivity index is 1.67. The largest absolute Gasteiger partial charge is 0.376 e. The Labute approximate surface area is 152 Å². The van der Waals surface area contributed by atoms with E-state index in [1.807, 2.05) is 42.5 Å². The van der Waals surface area contributed by atoms with Gasteiger partial charge in [-0.1, -0.05) is 48.5 Å². The highest BCUT2D eigenvalue weighted by atomic mass is 16.5. The van der Waals surface area contributed by atoms with Crippen molar-refractivity contribution in [3.8, 4) is 6.07 Å². The van der Waals surface area contributed by atoms with Crippen LogP contribution in [0.2, 0.25) is 0 Å². The Morgan fingerprint density at radius 3 is 2.85 bits per heavy atom. The standard InChI is InChI=1S/C21H20N2O3/c22-13-19(21(25)23-14-17-8-4-12-26-17)20(24)11-10-16-7-3-6-15-5-1-2-9-18(15)16/h1-3,5-7,9-11,17,19H,4,8,12,14H2,(H,23,25)/b11-10+. The molecule has 1 aliphatic heterocycles. The summed E-state index contributed by atoms with van der Waals surface area (Å²) in [6, 6.07) is 15.4. The molecule has 132 valence electrons. The number of allylic oxidation sites excluding steroid dienone is 1. The van der Waals surface area contributed by atoms with Crippen molar-refractivity contribution in [1.82, 2.24) is 5.32 Å². The van der Waals surface area contributed by atoms with Gasteiger partial charge in [0.2, 0.25) is 5.91 Å². The van der Waals surface area contributed by atoms with Gasteiger partial charge in [-0.3, -0.25) is 9.59 Å². The molecule has 0 aromatic heterocycles. The zero-order valence-corrected chi connectivity index (χ0v) is 14.4. The summed E-state index contributed by atoms with van der Waals surface area (Å²) < 4.78 is 5.43. The Hall–Kier alpha value is -2.97. The van der Waals surface area contributed by atoms with Gasteiger partial charge in [0, 0.05) is 13.2 Å². The van der Waals surface area contributed by atoms with E-state index in [0.717, 1.165) is 29.2 Å². The van der Waals surface area contributed by atoms with Crippen LogP contribution in [0.15, 0.2) is 48.5 Å². The number of nitriles is 1. The summed E-state index contributed by atoms with van der Waals surface area (Å²) in [5, 5.41) is 13.9. The van der Waals surface area contributed by atoms with E-state index in [4.69, 9.17) is 4.74 Å². The normalized spacial score (nSPS) is 17.9. The molecule has 0 spiro atoms. The van der Waals surface area contributed by atoms with E-state index in [0.29, 0.717) is 13.2 Å². The Bertz CT molecular complexity index is 871. The maximum absolute atomic E-state index is 12.3. The van der Waals surface area contributed by atoms with Crippen LogP contribution in [0.4, 0.5) is 0 Å². The van der Waals surface area contributed by atoms with Gasteiger partial charge in [0.1, 0.15) is 0 Å². The molecule has 2 unspecified atom stereocenters. The molecule has 1 heterocycles. The summed E-state index contributed by atoms with van der Waals surface area (Å²) in [6.45, 7) is 1.02. The SMILES string of the molecule is N#CC(C(=O)/C=C/c1cccc2ccccc12)C(=O)NCC1CCCO1. The molecule has 1 aliphatic rings. The third-order valence-electron chi connectivity index (χ3n) is 4.45. The number of carbonyl (C=O) groups excluding carboxylic acids is 2. The molecular weight excluding hydrogens is 328 g/mol. The van der Waals surface area contributed by atoms with E-state index in [1.54, 1.807) is 12.1 Å². The van der Waals surface area contributed by atoms with E-state index in [2.05, 4.69) is 5.32 Å². The number of fused-ring (bicyclic) bond motifs is 1. The second-order valence-corrected chi connectivity index (χ2v) is 6.25. The van der Waals surface area contributed by atoms with Crippen molar-refractivity contribution < 1.29 is 14.3 Å². The Kier molecular flexibility index (Phi) is 5.77. The first-order valence-electron chi connectivity index (χ1n) is 8.67. The number of hydrogen-bond acceptors (Lipinski definition) is 4. The molecule has 5 heteroatoms. The molecule has 0 bridgehead atoms. The molecule has 2 aromatic carbocycles. The van der Waals surface area contributed by atoms with Crippen LogP contribution in [0.3, 0.4) is 0 Å². The molecule has 1 N–H and O–H groups in total. The fourth-order valence-corrected chi connectivity index (χ4v) is 3.04. The smallest absolute Gasteiger partial charge is 0.245 e. The lowest BCUT2D eigenvalue weighted by Gasteiger charge is -2.12. The molecule has 3 rings (SSSR count). The van der Waals surface area contributed by atoms with Crippen LogP contribution < -0.4 is 5.32 Å². The molecular formula is C21H20N2O3. The minimum Gasteiger partial charge on any atom is -0.376 e. The molecule has 0 radical (unpaired) electrons. The maximum Gasteiger partial charge on any atom is 0.245 e. The summed E-state index contributed by atoms with van der Waals surface area (Å²) in [5.41, 5.74) is 0.868. The van der Waals surface area contributed by atoms with Gasteiger partial charge < -0.3 is 10.1 Å². The van der Waals surface area contributed by atoms with E-state index in [9.17, 15) is 14.9 Å². The van der Waals surface area contributed by atoms with Crippen molar-refractivity contribution in [2.75, 3.05) is 13.2 Å². The Morgan fingerprint density at radius 1 is 1.27 bits per heavy atom. The average Bonchev–Trinajstić information content (AvgIpc) is 3.19. The highest BCUT2D eigenvalue weighted by molar-refractivity contribution is 6.11. The molecule has 1 saturated heterocycles. The van der Waals surface area contributed by atoms with E-state index in [1.165, 1.54) is 6.08 Å². The highest BCUT2D eigenvalue weighted by Crippen LogP contribution is 2.20. The summed E-state index contributed by atoms with van der Waals surface area (Å²) in [6.07, 6.45) is 4.78. The van der Waals surface area contributed by atoms with Crippen LogP contribution in [0.5, 0.6) is 0 Å². The number of benzene rings is 2. The number of hydrogen-bond donors (Lipinski definition) is 1. The van der Waals surface area contributed by atoms with Gasteiger partial charge >= 0.3 is 0 Å². The maximum atomic E-state index is 12.3. The zero-order valence-electron chi connectivity index (χ0n) is 14.4. The van der Waals surface area contributed by atoms with Crippen molar-refractivity contribution in [3.63, 3.8) is 0 Å². The highest BCUT2D eigenvalue weighted by Gasteiger charge is 2.25. The topological polar surface area (TPSA) is 79.2 Å². The van der Waals surface area contributed by atoms with E-state index < -0.39 is 17.6 Å². The van der Waals surface area contributed by atoms with Crippen LogP contribution in [-0.2, 0) is 14.3 Å². The minimum atomic E-state index is -1.34. The number of rotatable bonds is 6. The van der Waals surface area contributed by atoms with Crippen LogP contribution in [-0.4, -0.2) is 30.9 Å². The molecule has 26 heavy (non-hydrogen) atoms. The number of carbonyl (C=O) groups is 2. The summed E-state index contributed by atoms with van der Waals surface area (Å²) >= 11 is 0. The summed E-state index contributed by atoms with van der Waals surface area (Å²) in [5.74, 6) is -2.44. The van der Waals surface area contributed by atoms with Gasteiger partial charge in [0.05, 0.1) is 12.2 Å². The molecule has 1 fully saturated rings.